The fraction of sp³-hybridized carbons (Fsp3) is 0.636. The van der Waals surface area contributed by atoms with Crippen molar-refractivity contribution in [2.45, 2.75) is 39.2 Å². The predicted molar refractivity (Wildman–Crippen MR) is 123 cm³/mol. The van der Waals surface area contributed by atoms with E-state index in [2.05, 4.69) is 51.3 Å². The molecule has 1 saturated heterocycles. The number of nitrogens with zero attached hydrogens (tertiary/aromatic N) is 4. The van der Waals surface area contributed by atoms with Crippen molar-refractivity contribution in [2.75, 3.05) is 58.9 Å². The molecule has 7 nitrogen and oxygen atoms in total. The third kappa shape index (κ3) is 8.03. The van der Waals surface area contributed by atoms with Gasteiger partial charge in [-0.1, -0.05) is 32.0 Å². The molecule has 0 amide bonds. The normalized spacial score (nSPS) is 16.4. The molecule has 164 valence electrons. The van der Waals surface area contributed by atoms with Gasteiger partial charge < -0.3 is 14.8 Å². The minimum Gasteiger partial charge on any atom is -0.463 e. The summed E-state index contributed by atoms with van der Waals surface area (Å²) in [5.74, 6) is 0. The zero-order chi connectivity index (χ0) is 21.5. The maximum absolute atomic E-state index is 5.79. The number of hydrazone groups is 1. The van der Waals surface area contributed by atoms with E-state index >= 15 is 0 Å². The van der Waals surface area contributed by atoms with Gasteiger partial charge in [0.15, 0.2) is 0 Å². The highest BCUT2D eigenvalue weighted by atomic mass is 16.5. The lowest BCUT2D eigenvalue weighted by molar-refractivity contribution is 0.0801. The number of nitrogens with one attached hydrogen (secondary N) is 1. The Bertz CT molecular complexity index is 586. The number of rotatable bonds is 9. The van der Waals surface area contributed by atoms with Gasteiger partial charge in [-0.05, 0) is 31.9 Å². The number of amidine groups is 1. The number of methoxy groups -OCH3 is 1. The monoisotopic (exact) mass is 405 g/mol. The zero-order valence-corrected chi connectivity index (χ0v) is 18.9. The zero-order valence-electron chi connectivity index (χ0n) is 18.9. The third-order valence-electron chi connectivity index (χ3n) is 4.94. The lowest BCUT2D eigenvalue weighted by Gasteiger charge is -2.42. The van der Waals surface area contributed by atoms with Crippen LogP contribution in [0.1, 0.15) is 33.6 Å². The first kappa shape index (κ1) is 24.9. The summed E-state index contributed by atoms with van der Waals surface area (Å²) in [4.78, 5) is 6.57. The number of piperidine rings is 1. The first-order valence-corrected chi connectivity index (χ1v) is 10.5. The van der Waals surface area contributed by atoms with Crippen molar-refractivity contribution in [1.29, 1.82) is 0 Å². The van der Waals surface area contributed by atoms with Crippen molar-refractivity contribution >= 4 is 18.4 Å². The Kier molecular flexibility index (Phi) is 12.0. The van der Waals surface area contributed by atoms with Crippen LogP contribution < -0.4 is 5.32 Å². The molecule has 1 aromatic carbocycles. The standard InChI is InChI=1S/C20H33N5O2.C2H6/c1-5-25(22-3)19(21-2)27-16-15-24-13-11-20(12-14-24,17-26-4)23-18-9-7-6-8-10-18;1-2/h6-10,23H,3,5,11-17H2,1-2,4H3;1-2H3. The number of hydrogen-bond acceptors (Lipinski definition) is 6. The summed E-state index contributed by atoms with van der Waals surface area (Å²) in [6.45, 7) is 14.4. The van der Waals surface area contributed by atoms with E-state index in [-0.39, 0.29) is 5.54 Å². The Labute approximate surface area is 176 Å². The van der Waals surface area contributed by atoms with Crippen LogP contribution >= 0.6 is 0 Å². The third-order valence-corrected chi connectivity index (χ3v) is 4.94. The van der Waals surface area contributed by atoms with Crippen molar-refractivity contribution in [3.05, 3.63) is 30.3 Å². The van der Waals surface area contributed by atoms with Crippen molar-refractivity contribution < 1.29 is 9.47 Å². The van der Waals surface area contributed by atoms with E-state index in [9.17, 15) is 0 Å². The molecule has 1 N–H and O–H groups in total. The summed E-state index contributed by atoms with van der Waals surface area (Å²) in [6.07, 6.45) is 2.06. The van der Waals surface area contributed by atoms with Gasteiger partial charge in [0.2, 0.25) is 0 Å². The fourth-order valence-corrected chi connectivity index (χ4v) is 3.43. The van der Waals surface area contributed by atoms with Crippen LogP contribution in [0.5, 0.6) is 0 Å². The van der Waals surface area contributed by atoms with Crippen LogP contribution in [0.4, 0.5) is 5.69 Å². The molecule has 0 bridgehead atoms. The van der Waals surface area contributed by atoms with Crippen LogP contribution in [0.25, 0.3) is 0 Å². The molecule has 1 fully saturated rings. The molecule has 0 atom stereocenters. The van der Waals surface area contributed by atoms with E-state index in [0.717, 1.165) is 38.2 Å². The second-order valence-electron chi connectivity index (χ2n) is 6.76. The van der Waals surface area contributed by atoms with Gasteiger partial charge in [0.05, 0.1) is 12.1 Å². The maximum Gasteiger partial charge on any atom is 0.308 e. The van der Waals surface area contributed by atoms with Crippen molar-refractivity contribution in [3.8, 4) is 0 Å². The van der Waals surface area contributed by atoms with Crippen molar-refractivity contribution in [1.82, 2.24) is 9.91 Å². The van der Waals surface area contributed by atoms with E-state index in [4.69, 9.17) is 9.47 Å². The molecule has 2 rings (SSSR count). The van der Waals surface area contributed by atoms with Crippen LogP contribution in [0.2, 0.25) is 0 Å². The van der Waals surface area contributed by atoms with Gasteiger partial charge in [-0.2, -0.15) is 5.10 Å². The van der Waals surface area contributed by atoms with Gasteiger partial charge in [-0.3, -0.25) is 4.90 Å². The summed E-state index contributed by atoms with van der Waals surface area (Å²) in [5, 5.41) is 9.27. The molecule has 0 aromatic heterocycles. The van der Waals surface area contributed by atoms with E-state index in [1.54, 1.807) is 19.2 Å². The Hall–Kier alpha value is -2.12. The molecule has 1 aliphatic rings. The maximum atomic E-state index is 5.79. The molecule has 1 heterocycles. The second kappa shape index (κ2) is 14.0. The van der Waals surface area contributed by atoms with Gasteiger partial charge in [-0.15, -0.1) is 0 Å². The summed E-state index contributed by atoms with van der Waals surface area (Å²) in [7, 11) is 3.48. The lowest BCUT2D eigenvalue weighted by Crippen LogP contribution is -2.52. The van der Waals surface area contributed by atoms with Crippen LogP contribution in [0.15, 0.2) is 40.4 Å². The molecule has 29 heavy (non-hydrogen) atoms. The average molecular weight is 406 g/mol. The molecule has 0 spiro atoms. The molecule has 0 aliphatic carbocycles. The Morgan fingerprint density at radius 2 is 1.90 bits per heavy atom. The summed E-state index contributed by atoms with van der Waals surface area (Å²) < 4.78 is 11.3. The lowest BCUT2D eigenvalue weighted by atomic mass is 9.87. The molecule has 0 saturated carbocycles. The van der Waals surface area contributed by atoms with Crippen molar-refractivity contribution in [2.24, 2.45) is 10.1 Å². The van der Waals surface area contributed by atoms with E-state index < -0.39 is 0 Å². The van der Waals surface area contributed by atoms with Gasteiger partial charge in [0.25, 0.3) is 0 Å². The second-order valence-corrected chi connectivity index (χ2v) is 6.76. The molecular formula is C22H39N5O2. The Morgan fingerprint density at radius 1 is 1.24 bits per heavy atom. The summed E-state index contributed by atoms with van der Waals surface area (Å²) in [6, 6.07) is 10.9. The minimum atomic E-state index is -0.0186. The number of anilines is 1. The van der Waals surface area contributed by atoms with E-state index in [1.165, 1.54) is 0 Å². The first-order chi connectivity index (χ1) is 14.2. The molecule has 1 aliphatic heterocycles. The van der Waals surface area contributed by atoms with Crippen molar-refractivity contribution in [3.63, 3.8) is 0 Å². The molecule has 1 aromatic rings. The quantitative estimate of drug-likeness (QED) is 0.387. The van der Waals surface area contributed by atoms with Crippen LogP contribution in [-0.2, 0) is 9.47 Å². The number of aliphatic imine (C=N–C) groups is 1. The fourth-order valence-electron chi connectivity index (χ4n) is 3.43. The topological polar surface area (TPSA) is 61.7 Å². The Morgan fingerprint density at radius 3 is 2.41 bits per heavy atom. The van der Waals surface area contributed by atoms with Crippen LogP contribution in [0.3, 0.4) is 0 Å². The van der Waals surface area contributed by atoms with Gasteiger partial charge >= 0.3 is 6.02 Å². The van der Waals surface area contributed by atoms with Crippen LogP contribution in [0, 0.1) is 0 Å². The highest BCUT2D eigenvalue weighted by Gasteiger charge is 2.34. The first-order valence-electron chi connectivity index (χ1n) is 10.5. The summed E-state index contributed by atoms with van der Waals surface area (Å²) in [5.41, 5.74) is 1.13. The van der Waals surface area contributed by atoms with E-state index in [0.29, 0.717) is 25.8 Å². The average Bonchev–Trinajstić information content (AvgIpc) is 2.77. The number of benzene rings is 1. The number of ether oxygens (including phenoxy) is 2. The largest absolute Gasteiger partial charge is 0.463 e. The van der Waals surface area contributed by atoms with Gasteiger partial charge in [0, 0.05) is 52.7 Å². The molecule has 7 heteroatoms. The summed E-state index contributed by atoms with van der Waals surface area (Å²) >= 11 is 0. The minimum absolute atomic E-state index is 0.0186. The highest BCUT2D eigenvalue weighted by molar-refractivity contribution is 5.73. The highest BCUT2D eigenvalue weighted by Crippen LogP contribution is 2.27. The van der Waals surface area contributed by atoms with Crippen LogP contribution in [-0.4, -0.2) is 81.7 Å². The smallest absolute Gasteiger partial charge is 0.308 e. The molecular weight excluding hydrogens is 366 g/mol. The van der Waals surface area contributed by atoms with Gasteiger partial charge in [-0.25, -0.2) is 10.0 Å². The number of para-hydroxylation sites is 1. The molecule has 0 unspecified atom stereocenters. The number of hydrogen-bond donors (Lipinski definition) is 1. The molecule has 0 radical (unpaired) electrons. The Balaban J connectivity index is 0.00000204. The van der Waals surface area contributed by atoms with E-state index in [1.807, 2.05) is 26.8 Å². The predicted octanol–water partition coefficient (Wildman–Crippen LogP) is 3.55. The van der Waals surface area contributed by atoms with Gasteiger partial charge in [0.1, 0.15) is 6.61 Å². The number of likely N-dealkylation sites (tertiary alicyclic amines) is 1. The SMILES string of the molecule is C=NN(CC)C(=NC)OCCN1CCC(COC)(Nc2ccccc2)CC1.CC.